The molecule has 6 aliphatic rings. The van der Waals surface area contributed by atoms with Gasteiger partial charge >= 0.3 is 0 Å². The third-order valence-electron chi connectivity index (χ3n) is 18.7. The second-order valence-corrected chi connectivity index (χ2v) is 27.4. The van der Waals surface area contributed by atoms with Crippen molar-refractivity contribution < 1.29 is 64.8 Å². The van der Waals surface area contributed by atoms with E-state index in [1.165, 1.54) is 6.92 Å². The van der Waals surface area contributed by atoms with E-state index in [9.17, 15) is 33.6 Å². The second kappa shape index (κ2) is 38.2. The van der Waals surface area contributed by atoms with Crippen LogP contribution in [0, 0.1) is 5.92 Å². The number of carbonyl (C=O) groups excluding carboxylic acids is 7. The predicted molar refractivity (Wildman–Crippen MR) is 381 cm³/mol. The molecule has 556 valence electrons. The quantitative estimate of drug-likeness (QED) is 0.0627. The van der Waals surface area contributed by atoms with Gasteiger partial charge in [-0.15, -0.1) is 0 Å². The van der Waals surface area contributed by atoms with Crippen molar-refractivity contribution in [3.05, 3.63) is 142 Å². The minimum atomic E-state index is -0.484. The third-order valence-corrected chi connectivity index (χ3v) is 18.7. The predicted octanol–water partition coefficient (Wildman–Crippen LogP) is 5.82. The van der Waals surface area contributed by atoms with Gasteiger partial charge < -0.3 is 97.4 Å². The van der Waals surface area contributed by atoms with Crippen molar-refractivity contribution in [2.75, 3.05) is 149 Å². The number of ketones is 1. The highest BCUT2D eigenvalue weighted by atomic mass is 16.5. The monoisotopic (exact) mass is 1410 g/mol. The van der Waals surface area contributed by atoms with Gasteiger partial charge in [0, 0.05) is 84.6 Å². The Morgan fingerprint density at radius 1 is 0.465 bits per heavy atom. The number of ether oxygens (including phenoxy) is 1. The van der Waals surface area contributed by atoms with Gasteiger partial charge in [-0.1, -0.05) is 13.8 Å². The molecule has 6 N–H and O–H groups in total. The number of nitrogens with one attached hydrogen (secondary N) is 6. The molecule has 6 atom stereocenters. The van der Waals surface area contributed by atoms with Crippen LogP contribution in [0.3, 0.4) is 0 Å². The lowest BCUT2D eigenvalue weighted by atomic mass is 10.0. The molecule has 0 saturated heterocycles. The van der Waals surface area contributed by atoms with Crippen molar-refractivity contribution in [3.63, 3.8) is 0 Å². The van der Waals surface area contributed by atoms with Crippen LogP contribution >= 0.6 is 0 Å². The van der Waals surface area contributed by atoms with E-state index in [0.717, 1.165) is 153 Å². The summed E-state index contributed by atoms with van der Waals surface area (Å²) in [5.74, 6) is 5.37. The van der Waals surface area contributed by atoms with Crippen LogP contribution < -0.4 is 31.9 Å². The molecule has 12 rings (SSSR count). The van der Waals surface area contributed by atoms with E-state index in [-0.39, 0.29) is 83.5 Å². The Balaban J connectivity index is 0.000000170. The summed E-state index contributed by atoms with van der Waals surface area (Å²) < 4.78 is 37.6. The first-order valence-corrected chi connectivity index (χ1v) is 35.2. The zero-order valence-electron chi connectivity index (χ0n) is 62.3. The Labute approximate surface area is 595 Å². The number of amides is 6. The maximum Gasteiger partial charge on any atom is 0.248 e. The lowest BCUT2D eigenvalue weighted by molar-refractivity contribution is -0.138. The van der Waals surface area contributed by atoms with Crippen LogP contribution in [-0.4, -0.2) is 230 Å². The number of hydrogen-bond acceptors (Lipinski definition) is 21. The van der Waals surface area contributed by atoms with Crippen LogP contribution in [0.2, 0.25) is 0 Å². The van der Waals surface area contributed by atoms with E-state index in [0.29, 0.717) is 37.9 Å². The van der Waals surface area contributed by atoms with E-state index in [1.807, 2.05) is 81.9 Å². The summed E-state index contributed by atoms with van der Waals surface area (Å²) in [6.07, 6.45) is 14.9. The lowest BCUT2D eigenvalue weighted by Gasteiger charge is -2.36. The smallest absolute Gasteiger partial charge is 0.248 e. The van der Waals surface area contributed by atoms with Gasteiger partial charge in [-0.05, 0) is 205 Å². The van der Waals surface area contributed by atoms with E-state index >= 15 is 0 Å². The first-order valence-electron chi connectivity index (χ1n) is 35.2. The maximum absolute atomic E-state index is 12.5. The highest BCUT2D eigenvalue weighted by Gasteiger charge is 2.39. The Morgan fingerprint density at radius 2 is 0.752 bits per heavy atom. The maximum atomic E-state index is 12.5. The van der Waals surface area contributed by atoms with Crippen LogP contribution in [0.5, 0.6) is 0 Å². The van der Waals surface area contributed by atoms with E-state index < -0.39 is 6.04 Å². The van der Waals surface area contributed by atoms with E-state index in [4.69, 9.17) is 31.2 Å². The van der Waals surface area contributed by atoms with Gasteiger partial charge in [-0.3, -0.25) is 33.6 Å². The standard InChI is InChI=1S/C13H21N3O2.2C13H20N2O2.C12H18N2O3.C12H16N2O3.C11H16N2O2/c1-14-11-12-10(5-9-18-12)4-6-16(13(11)17)8-7-15(2)3;1-13(2,3)15-7-5-9-6-8-17-11(9)10(14-4)12(15)16;1-9(2)8-15-6-4-10-5-7-17-12(10)11(14-3)13(15)16;1-13-10-11-9(4-7-17-11)3-5-14(12(10)15)6-8-16-2;1-8(15)7-14-5-3-9-4-6-17-11(9)10(13-2)12(14)16;1-3-13-6-4-8-5-7-15-10(8)9(12-2)11(13)14/h5,9,11,14H,4,6-8H2,1-3H3;6,8,10,14H,5,7H2,1-4H3;5,7,9,11,14H,4,6,8H2,1-3H3;4,7,10,13H,3,5-6,8H2,1-2H3;4,6,10,13H,3,5,7H2,1-2H3;5,7,9,12H,3-4,6H2,1-2H3. The molecule has 27 nitrogen and oxygen atoms in total. The van der Waals surface area contributed by atoms with E-state index in [1.54, 1.807) is 91.9 Å². The lowest BCUT2D eigenvalue weighted by Crippen LogP contribution is -2.49. The molecule has 0 saturated carbocycles. The van der Waals surface area contributed by atoms with Gasteiger partial charge in [-0.25, -0.2) is 0 Å². The molecule has 12 heterocycles. The van der Waals surface area contributed by atoms with Gasteiger partial charge in [0.15, 0.2) is 0 Å². The minimum absolute atomic E-state index is 0.00766. The van der Waals surface area contributed by atoms with E-state index in [2.05, 4.69) is 71.4 Å². The summed E-state index contributed by atoms with van der Waals surface area (Å²) in [5, 5.41) is 18.1. The molecule has 0 spiro atoms. The largest absolute Gasteiger partial charge is 0.467 e. The number of likely N-dealkylation sites (N-methyl/N-ethyl adjacent to an activating group) is 8. The molecule has 6 unspecified atom stereocenters. The molecule has 0 radical (unpaired) electrons. The van der Waals surface area contributed by atoms with Crippen molar-refractivity contribution in [1.29, 1.82) is 0 Å². The summed E-state index contributed by atoms with van der Waals surface area (Å²) >= 11 is 0. The summed E-state index contributed by atoms with van der Waals surface area (Å²) in [5.41, 5.74) is 6.53. The average Bonchev–Trinajstić information content (AvgIpc) is 1.73. The summed E-state index contributed by atoms with van der Waals surface area (Å²) in [6.45, 7) is 22.8. The molecular formula is C74H111N13O14. The SMILES string of the molecule is CCN1CCc2ccoc2C(NC)C1=O.CNC1C(=O)N(C(C)(C)C)CCc2ccoc21.CNC1C(=O)N(CC(C)=O)CCc2ccoc21.CNC1C(=O)N(CC(C)C)CCc2ccoc21.CNC1C(=O)N(CCN(C)C)CCc2ccoc21.CNC1C(=O)N(CCOC)CCc2ccoc21. The van der Waals surface area contributed by atoms with Crippen molar-refractivity contribution in [1.82, 2.24) is 66.2 Å². The zero-order chi connectivity index (χ0) is 73.7. The summed E-state index contributed by atoms with van der Waals surface area (Å²) in [4.78, 5) is 98.1. The molecule has 0 aromatic carbocycles. The van der Waals surface area contributed by atoms with Gasteiger partial charge in [0.05, 0.1) is 50.7 Å². The molecule has 6 aromatic rings. The van der Waals surface area contributed by atoms with Crippen LogP contribution in [0.25, 0.3) is 0 Å². The molecular weight excluding hydrogens is 1290 g/mol. The molecule has 6 amide bonds. The molecule has 6 aromatic heterocycles. The van der Waals surface area contributed by atoms with Crippen LogP contribution in [-0.2, 0) is 76.8 Å². The van der Waals surface area contributed by atoms with Crippen molar-refractivity contribution in [3.8, 4) is 0 Å². The van der Waals surface area contributed by atoms with Crippen LogP contribution in [0.1, 0.15) is 153 Å². The van der Waals surface area contributed by atoms with Crippen molar-refractivity contribution in [2.45, 2.75) is 129 Å². The molecule has 0 fully saturated rings. The average molecular weight is 1410 g/mol. The second-order valence-electron chi connectivity index (χ2n) is 27.4. The number of nitrogens with zero attached hydrogens (tertiary/aromatic N) is 7. The van der Waals surface area contributed by atoms with Gasteiger partial charge in [0.25, 0.3) is 0 Å². The third kappa shape index (κ3) is 20.4. The Kier molecular flexibility index (Phi) is 30.3. The minimum Gasteiger partial charge on any atom is -0.467 e. The first-order chi connectivity index (χ1) is 48.4. The number of methoxy groups -OCH3 is 1. The number of carbonyl (C=O) groups is 7. The Hall–Kier alpha value is -8.15. The molecule has 0 bridgehead atoms. The first kappa shape index (κ1) is 80.2. The zero-order valence-corrected chi connectivity index (χ0v) is 62.3. The number of rotatable bonds is 17. The molecule has 0 aliphatic carbocycles. The molecule has 101 heavy (non-hydrogen) atoms. The highest BCUT2D eigenvalue weighted by Crippen LogP contribution is 2.32. The number of furan rings is 6. The fourth-order valence-electron chi connectivity index (χ4n) is 13.3. The summed E-state index contributed by atoms with van der Waals surface area (Å²) in [7, 11) is 16.3. The number of hydrogen-bond donors (Lipinski definition) is 6. The Bertz CT molecular complexity index is 3610. The van der Waals surface area contributed by atoms with Crippen molar-refractivity contribution >= 4 is 41.2 Å². The fourth-order valence-corrected chi connectivity index (χ4v) is 13.3. The van der Waals surface area contributed by atoms with Gasteiger partial charge in [-0.2, -0.15) is 0 Å². The van der Waals surface area contributed by atoms with Crippen molar-refractivity contribution in [2.24, 2.45) is 5.92 Å². The van der Waals surface area contributed by atoms with Crippen LogP contribution in [0.4, 0.5) is 0 Å². The van der Waals surface area contributed by atoms with Crippen LogP contribution in [0.15, 0.2) is 100 Å². The number of Topliss-reactive ketones (excluding diaryl/α,β-unsaturated/α-hetero) is 1. The number of fused-ring (bicyclic) bond motifs is 6. The highest BCUT2D eigenvalue weighted by molar-refractivity contribution is 5.89. The molecule has 6 aliphatic heterocycles. The van der Waals surface area contributed by atoms with Gasteiger partial charge in [0.1, 0.15) is 76.6 Å². The van der Waals surface area contributed by atoms with Gasteiger partial charge in [0.2, 0.25) is 35.4 Å². The Morgan fingerprint density at radius 3 is 1.06 bits per heavy atom. The molecule has 27 heteroatoms. The topological polar surface area (TPSA) is 302 Å². The normalized spacial score (nSPS) is 20.6. The fraction of sp³-hybridized carbons (Fsp3) is 0.581. The summed E-state index contributed by atoms with van der Waals surface area (Å²) in [6, 6.07) is 9.43.